The number of piperidine rings is 2. The van der Waals surface area contributed by atoms with E-state index in [-0.39, 0.29) is 12.1 Å². The Hall–Kier alpha value is -0.810. The van der Waals surface area contributed by atoms with Crippen LogP contribution >= 0.6 is 0 Å². The molecule has 0 aliphatic carbocycles. The van der Waals surface area contributed by atoms with Gasteiger partial charge in [0, 0.05) is 19.7 Å². The van der Waals surface area contributed by atoms with E-state index in [0.717, 1.165) is 39.2 Å². The molecule has 1 spiro atoms. The van der Waals surface area contributed by atoms with Crippen LogP contribution in [-0.4, -0.2) is 56.4 Å². The Kier molecular flexibility index (Phi) is 3.93. The lowest BCUT2D eigenvalue weighted by Crippen LogP contribution is -2.51. The van der Waals surface area contributed by atoms with E-state index in [4.69, 9.17) is 4.74 Å². The summed E-state index contributed by atoms with van der Waals surface area (Å²) in [6.45, 7) is 5.58. The van der Waals surface area contributed by atoms with Crippen LogP contribution in [0.3, 0.4) is 0 Å². The second-order valence-corrected chi connectivity index (χ2v) is 6.25. The summed E-state index contributed by atoms with van der Waals surface area (Å²) in [7, 11) is 0. The minimum absolute atomic E-state index is 0.110. The van der Waals surface area contributed by atoms with Crippen molar-refractivity contribution in [2.75, 3.05) is 39.4 Å². The molecule has 3 heterocycles. The summed E-state index contributed by atoms with van der Waals surface area (Å²) in [5.74, 6) is 0. The van der Waals surface area contributed by atoms with Crippen molar-refractivity contribution in [2.45, 2.75) is 38.1 Å². The Morgan fingerprint density at radius 3 is 2.58 bits per heavy atom. The number of rotatable bonds is 1. The molecule has 3 saturated heterocycles. The Labute approximate surface area is 115 Å². The summed E-state index contributed by atoms with van der Waals surface area (Å²) in [6.07, 6.45) is 5.85. The van der Waals surface area contributed by atoms with Crippen LogP contribution in [0.25, 0.3) is 0 Å². The van der Waals surface area contributed by atoms with Gasteiger partial charge >= 0.3 is 6.03 Å². The van der Waals surface area contributed by atoms with E-state index < -0.39 is 0 Å². The van der Waals surface area contributed by atoms with Gasteiger partial charge in [-0.1, -0.05) is 0 Å². The third-order valence-corrected chi connectivity index (χ3v) is 5.03. The van der Waals surface area contributed by atoms with Gasteiger partial charge in [0.1, 0.15) is 0 Å². The van der Waals surface area contributed by atoms with Gasteiger partial charge in [0.25, 0.3) is 0 Å². The van der Waals surface area contributed by atoms with Gasteiger partial charge in [-0.25, -0.2) is 4.79 Å². The van der Waals surface area contributed by atoms with Gasteiger partial charge in [0.15, 0.2) is 0 Å². The zero-order valence-electron chi connectivity index (χ0n) is 11.6. The fourth-order valence-corrected chi connectivity index (χ4v) is 3.56. The fraction of sp³-hybridized carbons (Fsp3) is 0.929. The van der Waals surface area contributed by atoms with Gasteiger partial charge in [0.2, 0.25) is 0 Å². The number of nitrogens with one attached hydrogen (secondary N) is 2. The maximum absolute atomic E-state index is 12.2. The lowest BCUT2D eigenvalue weighted by Gasteiger charge is -2.44. The number of nitrogens with zero attached hydrogens (tertiary/aromatic N) is 1. The van der Waals surface area contributed by atoms with Crippen molar-refractivity contribution in [1.82, 2.24) is 15.5 Å². The summed E-state index contributed by atoms with van der Waals surface area (Å²) in [5, 5.41) is 6.52. The molecule has 0 aromatic carbocycles. The molecule has 0 bridgehead atoms. The largest absolute Gasteiger partial charge is 0.379 e. The highest BCUT2D eigenvalue weighted by Crippen LogP contribution is 2.39. The topological polar surface area (TPSA) is 53.6 Å². The van der Waals surface area contributed by atoms with Crippen molar-refractivity contribution < 1.29 is 9.53 Å². The molecule has 3 rings (SSSR count). The Bertz CT molecular complexity index is 313. The number of ether oxygens (including phenoxy) is 1. The number of carbonyl (C=O) groups is 1. The SMILES string of the molecule is O=C(NC1CCOC1)N1CCC2(CCNCC2)CC1. The lowest BCUT2D eigenvalue weighted by molar-refractivity contribution is 0.0861. The van der Waals surface area contributed by atoms with Crippen molar-refractivity contribution in [3.05, 3.63) is 0 Å². The predicted octanol–water partition coefficient (Wildman–Crippen LogP) is 0.950. The van der Waals surface area contributed by atoms with Crippen molar-refractivity contribution in [2.24, 2.45) is 5.41 Å². The first-order valence-electron chi connectivity index (χ1n) is 7.61. The minimum atomic E-state index is 0.110. The second-order valence-electron chi connectivity index (χ2n) is 6.25. The molecular formula is C14H25N3O2. The van der Waals surface area contributed by atoms with Crippen molar-refractivity contribution >= 4 is 6.03 Å². The highest BCUT2D eigenvalue weighted by molar-refractivity contribution is 5.74. The van der Waals surface area contributed by atoms with Crippen molar-refractivity contribution in [3.8, 4) is 0 Å². The molecule has 108 valence electrons. The molecule has 19 heavy (non-hydrogen) atoms. The Morgan fingerprint density at radius 2 is 1.95 bits per heavy atom. The van der Waals surface area contributed by atoms with Crippen LogP contribution in [-0.2, 0) is 4.74 Å². The van der Waals surface area contributed by atoms with E-state index in [1.807, 2.05) is 4.90 Å². The van der Waals surface area contributed by atoms with Crippen LogP contribution in [0, 0.1) is 5.41 Å². The van der Waals surface area contributed by atoms with Crippen LogP contribution in [0.1, 0.15) is 32.1 Å². The summed E-state index contributed by atoms with van der Waals surface area (Å²) in [4.78, 5) is 14.2. The monoisotopic (exact) mass is 267 g/mol. The van der Waals surface area contributed by atoms with E-state index in [2.05, 4.69) is 10.6 Å². The molecule has 2 amide bonds. The Morgan fingerprint density at radius 1 is 1.21 bits per heavy atom. The van der Waals surface area contributed by atoms with Crippen LogP contribution in [0.4, 0.5) is 4.79 Å². The molecule has 3 aliphatic rings. The Balaban J connectivity index is 1.47. The maximum Gasteiger partial charge on any atom is 0.317 e. The average molecular weight is 267 g/mol. The second kappa shape index (κ2) is 5.67. The van der Waals surface area contributed by atoms with Gasteiger partial charge < -0.3 is 20.3 Å². The van der Waals surface area contributed by atoms with Gasteiger partial charge in [-0.2, -0.15) is 0 Å². The average Bonchev–Trinajstić information content (AvgIpc) is 2.93. The lowest BCUT2D eigenvalue weighted by atomic mass is 9.72. The first-order chi connectivity index (χ1) is 9.27. The van der Waals surface area contributed by atoms with Crippen molar-refractivity contribution in [3.63, 3.8) is 0 Å². The number of likely N-dealkylation sites (tertiary alicyclic amines) is 1. The zero-order chi connectivity index (χ0) is 13.1. The predicted molar refractivity (Wildman–Crippen MR) is 73.1 cm³/mol. The molecule has 2 N–H and O–H groups in total. The third kappa shape index (κ3) is 3.03. The third-order valence-electron chi connectivity index (χ3n) is 5.03. The van der Waals surface area contributed by atoms with Crippen molar-refractivity contribution in [1.29, 1.82) is 0 Å². The number of amides is 2. The molecule has 0 aromatic heterocycles. The molecule has 0 radical (unpaired) electrons. The summed E-state index contributed by atoms with van der Waals surface area (Å²) in [6, 6.07) is 0.335. The molecule has 3 fully saturated rings. The van der Waals surface area contributed by atoms with Crippen LogP contribution in [0.15, 0.2) is 0 Å². The molecule has 0 aromatic rings. The zero-order valence-corrected chi connectivity index (χ0v) is 11.6. The highest BCUT2D eigenvalue weighted by atomic mass is 16.5. The van der Waals surface area contributed by atoms with Gasteiger partial charge in [0.05, 0.1) is 12.6 Å². The summed E-state index contributed by atoms with van der Waals surface area (Å²) < 4.78 is 5.30. The van der Waals surface area contributed by atoms with E-state index in [1.54, 1.807) is 0 Å². The smallest absolute Gasteiger partial charge is 0.317 e. The standard InChI is InChI=1S/C14H25N3O2/c18-13(16-12-1-10-19-11-12)17-8-4-14(5-9-17)2-6-15-7-3-14/h12,15H,1-11H2,(H,16,18). The number of hydrogen-bond donors (Lipinski definition) is 2. The van der Waals surface area contributed by atoms with E-state index in [1.165, 1.54) is 25.7 Å². The van der Waals surface area contributed by atoms with E-state index >= 15 is 0 Å². The first kappa shape index (κ1) is 13.2. The van der Waals surface area contributed by atoms with Gasteiger partial charge in [-0.05, 0) is 50.6 Å². The molecule has 1 atom stereocenters. The fourth-order valence-electron chi connectivity index (χ4n) is 3.56. The van der Waals surface area contributed by atoms with E-state index in [9.17, 15) is 4.79 Å². The molecular weight excluding hydrogens is 242 g/mol. The highest BCUT2D eigenvalue weighted by Gasteiger charge is 2.37. The quantitative estimate of drug-likeness (QED) is 0.744. The first-order valence-corrected chi connectivity index (χ1v) is 7.61. The normalized spacial score (nSPS) is 30.5. The number of urea groups is 1. The summed E-state index contributed by atoms with van der Waals surface area (Å²) in [5.41, 5.74) is 0.512. The minimum Gasteiger partial charge on any atom is -0.379 e. The van der Waals surface area contributed by atoms with Gasteiger partial charge in [-0.3, -0.25) is 0 Å². The summed E-state index contributed by atoms with van der Waals surface area (Å²) >= 11 is 0. The number of hydrogen-bond acceptors (Lipinski definition) is 3. The number of carbonyl (C=O) groups excluding carboxylic acids is 1. The van der Waals surface area contributed by atoms with Gasteiger partial charge in [-0.15, -0.1) is 0 Å². The molecule has 5 nitrogen and oxygen atoms in total. The molecule has 5 heteroatoms. The van der Waals surface area contributed by atoms with Crippen LogP contribution in [0.2, 0.25) is 0 Å². The van der Waals surface area contributed by atoms with Crippen LogP contribution in [0.5, 0.6) is 0 Å². The van der Waals surface area contributed by atoms with Crippen LogP contribution < -0.4 is 10.6 Å². The molecule has 0 saturated carbocycles. The molecule has 3 aliphatic heterocycles. The van der Waals surface area contributed by atoms with E-state index in [0.29, 0.717) is 12.0 Å². The maximum atomic E-state index is 12.2. The molecule has 1 unspecified atom stereocenters.